The average Bonchev–Trinajstić information content (AvgIpc) is 1.98. The number of hydrogen-bond acceptors (Lipinski definition) is 2. The van der Waals surface area contributed by atoms with Gasteiger partial charge in [-0.05, 0) is 39.7 Å². The zero-order valence-electron chi connectivity index (χ0n) is 8.64. The van der Waals surface area contributed by atoms with Gasteiger partial charge in [0.2, 0.25) is 0 Å². The molecule has 2 unspecified atom stereocenters. The molecule has 0 spiro atoms. The minimum atomic E-state index is -0.145. The Morgan fingerprint density at radius 2 is 1.92 bits per heavy atom. The van der Waals surface area contributed by atoms with Crippen LogP contribution in [0.25, 0.3) is 0 Å². The van der Waals surface area contributed by atoms with E-state index in [1.165, 1.54) is 12.8 Å². The molecule has 12 heavy (non-hydrogen) atoms. The molecule has 2 N–H and O–H groups in total. The Morgan fingerprint density at radius 3 is 2.42 bits per heavy atom. The molecule has 0 amide bonds. The summed E-state index contributed by atoms with van der Waals surface area (Å²) in [4.78, 5) is 0. The molecule has 0 aromatic carbocycles. The maximum Gasteiger partial charge on any atom is 0.0512 e. The van der Waals surface area contributed by atoms with Gasteiger partial charge in [-0.2, -0.15) is 0 Å². The van der Waals surface area contributed by atoms with Crippen LogP contribution < -0.4 is 5.32 Å². The highest BCUT2D eigenvalue weighted by atomic mass is 16.3. The summed E-state index contributed by atoms with van der Waals surface area (Å²) in [5.74, 6) is 0. The monoisotopic (exact) mass is 173 g/mol. The quantitative estimate of drug-likeness (QED) is 0.577. The van der Waals surface area contributed by atoms with E-state index in [0.29, 0.717) is 6.04 Å². The standard InChI is InChI=1S/C10H23NO/c1-4-6-9(2)11-8-5-7-10(3)12/h9-12H,4-8H2,1-3H3. The van der Waals surface area contributed by atoms with E-state index >= 15 is 0 Å². The SMILES string of the molecule is CCCC(C)NCCCC(C)O. The predicted molar refractivity (Wildman–Crippen MR) is 53.3 cm³/mol. The molecular formula is C10H23NO. The van der Waals surface area contributed by atoms with Crippen molar-refractivity contribution in [3.8, 4) is 0 Å². The smallest absolute Gasteiger partial charge is 0.0512 e. The van der Waals surface area contributed by atoms with E-state index in [9.17, 15) is 0 Å². The van der Waals surface area contributed by atoms with Gasteiger partial charge in [0.15, 0.2) is 0 Å². The van der Waals surface area contributed by atoms with Crippen molar-refractivity contribution >= 4 is 0 Å². The van der Waals surface area contributed by atoms with E-state index in [4.69, 9.17) is 5.11 Å². The molecule has 0 aliphatic heterocycles. The first kappa shape index (κ1) is 11.9. The molecule has 2 heteroatoms. The molecule has 0 saturated carbocycles. The molecule has 2 atom stereocenters. The van der Waals surface area contributed by atoms with Crippen molar-refractivity contribution in [1.29, 1.82) is 0 Å². The fourth-order valence-electron chi connectivity index (χ4n) is 1.28. The van der Waals surface area contributed by atoms with E-state index in [1.54, 1.807) is 0 Å². The first-order valence-corrected chi connectivity index (χ1v) is 5.08. The largest absolute Gasteiger partial charge is 0.393 e. The lowest BCUT2D eigenvalue weighted by atomic mass is 10.2. The van der Waals surface area contributed by atoms with Gasteiger partial charge in [-0.3, -0.25) is 0 Å². The van der Waals surface area contributed by atoms with Crippen LogP contribution >= 0.6 is 0 Å². The van der Waals surface area contributed by atoms with Crippen LogP contribution in [0.3, 0.4) is 0 Å². The molecule has 0 radical (unpaired) electrons. The summed E-state index contributed by atoms with van der Waals surface area (Å²) >= 11 is 0. The lowest BCUT2D eigenvalue weighted by Crippen LogP contribution is -2.27. The van der Waals surface area contributed by atoms with Crippen molar-refractivity contribution < 1.29 is 5.11 Å². The molecule has 0 heterocycles. The maximum absolute atomic E-state index is 8.99. The predicted octanol–water partition coefficient (Wildman–Crippen LogP) is 1.93. The van der Waals surface area contributed by atoms with E-state index in [1.807, 2.05) is 6.92 Å². The van der Waals surface area contributed by atoms with Crippen LogP contribution in [0.15, 0.2) is 0 Å². The fraction of sp³-hybridized carbons (Fsp3) is 1.00. The van der Waals surface area contributed by atoms with Gasteiger partial charge in [-0.15, -0.1) is 0 Å². The van der Waals surface area contributed by atoms with Gasteiger partial charge in [-0.1, -0.05) is 13.3 Å². The third-order valence-corrected chi connectivity index (χ3v) is 2.01. The van der Waals surface area contributed by atoms with E-state index in [2.05, 4.69) is 19.2 Å². The molecule has 0 saturated heterocycles. The number of aliphatic hydroxyl groups is 1. The minimum Gasteiger partial charge on any atom is -0.393 e. The van der Waals surface area contributed by atoms with Crippen LogP contribution in [0, 0.1) is 0 Å². The van der Waals surface area contributed by atoms with E-state index < -0.39 is 0 Å². The van der Waals surface area contributed by atoms with Gasteiger partial charge in [-0.25, -0.2) is 0 Å². The first-order valence-electron chi connectivity index (χ1n) is 5.08. The molecule has 0 aliphatic rings. The van der Waals surface area contributed by atoms with Gasteiger partial charge in [0.25, 0.3) is 0 Å². The van der Waals surface area contributed by atoms with Crippen LogP contribution in [-0.2, 0) is 0 Å². The fourth-order valence-corrected chi connectivity index (χ4v) is 1.28. The lowest BCUT2D eigenvalue weighted by molar-refractivity contribution is 0.181. The lowest BCUT2D eigenvalue weighted by Gasteiger charge is -2.12. The normalized spacial score (nSPS) is 16.0. The van der Waals surface area contributed by atoms with Crippen molar-refractivity contribution in [2.45, 2.75) is 58.6 Å². The Labute approximate surface area is 76.4 Å². The molecule has 0 fully saturated rings. The van der Waals surface area contributed by atoms with Crippen LogP contribution in [0.5, 0.6) is 0 Å². The highest BCUT2D eigenvalue weighted by Crippen LogP contribution is 1.97. The van der Waals surface area contributed by atoms with Gasteiger partial charge >= 0.3 is 0 Å². The second-order valence-corrected chi connectivity index (χ2v) is 3.64. The third kappa shape index (κ3) is 8.02. The molecule has 2 nitrogen and oxygen atoms in total. The van der Waals surface area contributed by atoms with Crippen LogP contribution in [0.4, 0.5) is 0 Å². The molecule has 0 aliphatic carbocycles. The summed E-state index contributed by atoms with van der Waals surface area (Å²) in [7, 11) is 0. The van der Waals surface area contributed by atoms with Crippen molar-refractivity contribution in [2.24, 2.45) is 0 Å². The highest BCUT2D eigenvalue weighted by molar-refractivity contribution is 4.59. The van der Waals surface area contributed by atoms with Crippen molar-refractivity contribution in [3.63, 3.8) is 0 Å². The summed E-state index contributed by atoms with van der Waals surface area (Å²) in [6.45, 7) is 7.29. The second kappa shape index (κ2) is 7.56. The number of aliphatic hydroxyl groups excluding tert-OH is 1. The minimum absolute atomic E-state index is 0.145. The molecular weight excluding hydrogens is 150 g/mol. The van der Waals surface area contributed by atoms with Gasteiger partial charge < -0.3 is 10.4 Å². The topological polar surface area (TPSA) is 32.3 Å². The molecule has 0 aromatic heterocycles. The molecule has 74 valence electrons. The summed E-state index contributed by atoms with van der Waals surface area (Å²) in [6.07, 6.45) is 4.32. The summed E-state index contributed by atoms with van der Waals surface area (Å²) in [5.41, 5.74) is 0. The second-order valence-electron chi connectivity index (χ2n) is 3.64. The maximum atomic E-state index is 8.99. The van der Waals surface area contributed by atoms with Crippen molar-refractivity contribution in [2.75, 3.05) is 6.54 Å². The van der Waals surface area contributed by atoms with E-state index in [-0.39, 0.29) is 6.10 Å². The number of nitrogens with one attached hydrogen (secondary N) is 1. The number of rotatable bonds is 7. The van der Waals surface area contributed by atoms with Gasteiger partial charge in [0.05, 0.1) is 6.10 Å². The van der Waals surface area contributed by atoms with Crippen LogP contribution in [-0.4, -0.2) is 23.8 Å². The Balaban J connectivity index is 3.08. The van der Waals surface area contributed by atoms with Crippen molar-refractivity contribution in [1.82, 2.24) is 5.32 Å². The van der Waals surface area contributed by atoms with Crippen LogP contribution in [0.2, 0.25) is 0 Å². The number of hydrogen-bond donors (Lipinski definition) is 2. The summed E-state index contributed by atoms with van der Waals surface area (Å²) in [5, 5.41) is 12.4. The Hall–Kier alpha value is -0.0800. The zero-order valence-corrected chi connectivity index (χ0v) is 8.64. The molecule has 0 aromatic rings. The summed E-state index contributed by atoms with van der Waals surface area (Å²) < 4.78 is 0. The van der Waals surface area contributed by atoms with Gasteiger partial charge in [0, 0.05) is 6.04 Å². The van der Waals surface area contributed by atoms with Crippen molar-refractivity contribution in [3.05, 3.63) is 0 Å². The Kier molecular flexibility index (Phi) is 7.51. The van der Waals surface area contributed by atoms with Gasteiger partial charge in [0.1, 0.15) is 0 Å². The zero-order chi connectivity index (χ0) is 9.40. The first-order chi connectivity index (χ1) is 5.66. The third-order valence-electron chi connectivity index (χ3n) is 2.01. The average molecular weight is 173 g/mol. The molecule has 0 bridgehead atoms. The highest BCUT2D eigenvalue weighted by Gasteiger charge is 1.99. The Morgan fingerprint density at radius 1 is 1.25 bits per heavy atom. The Bertz CT molecular complexity index is 93.8. The van der Waals surface area contributed by atoms with E-state index in [0.717, 1.165) is 19.4 Å². The molecule has 0 rings (SSSR count). The van der Waals surface area contributed by atoms with Crippen LogP contribution in [0.1, 0.15) is 46.5 Å². The summed E-state index contributed by atoms with van der Waals surface area (Å²) in [6, 6.07) is 0.629.